The summed E-state index contributed by atoms with van der Waals surface area (Å²) in [6.45, 7) is 2.79. The first-order valence-electron chi connectivity index (χ1n) is 15.9. The molecule has 2 aliphatic heterocycles. The van der Waals surface area contributed by atoms with Crippen molar-refractivity contribution in [3.63, 3.8) is 0 Å². The van der Waals surface area contributed by atoms with Crippen LogP contribution in [-0.2, 0) is 31.3 Å². The normalized spacial score (nSPS) is 18.0. The van der Waals surface area contributed by atoms with Crippen LogP contribution >= 0.6 is 38.9 Å². The van der Waals surface area contributed by atoms with Crippen molar-refractivity contribution in [3.8, 4) is 0 Å². The summed E-state index contributed by atoms with van der Waals surface area (Å²) in [7, 11) is -7.57. The number of anilines is 1. The second kappa shape index (κ2) is 16.1. The standard InChI is InChI=1S/C32H40BrClN4O6S3/c33-27-21-30(45-31(27)34)47(43,44)38-18-14-24(15-19-38)7-5-4-6-23-12-16-37(17-13-23)29-11-10-26(22-35-29)46(41,42)36-28(32(39)40)20-25-8-2-1-3-9-25/h1-3,8-11,21-24,28,36H,4-7,12-20H2,(H,39,40). The molecule has 2 fully saturated rings. The average molecular weight is 788 g/mol. The van der Waals surface area contributed by atoms with Crippen LogP contribution in [0.2, 0.25) is 4.34 Å². The third-order valence-electron chi connectivity index (χ3n) is 9.11. The van der Waals surface area contributed by atoms with E-state index in [4.69, 9.17) is 11.6 Å². The van der Waals surface area contributed by atoms with E-state index in [-0.39, 0.29) is 15.5 Å². The highest BCUT2D eigenvalue weighted by molar-refractivity contribution is 9.10. The molecule has 0 amide bonds. The van der Waals surface area contributed by atoms with Crippen molar-refractivity contribution in [1.82, 2.24) is 14.0 Å². The lowest BCUT2D eigenvalue weighted by atomic mass is 9.88. The zero-order chi connectivity index (χ0) is 33.6. The van der Waals surface area contributed by atoms with Crippen molar-refractivity contribution < 1.29 is 26.7 Å². The molecule has 10 nitrogen and oxygen atoms in total. The maximum absolute atomic E-state index is 13.0. The van der Waals surface area contributed by atoms with Crippen molar-refractivity contribution in [2.45, 2.75) is 72.9 Å². The smallest absolute Gasteiger partial charge is 0.322 e. The number of carbonyl (C=O) groups is 1. The van der Waals surface area contributed by atoms with E-state index >= 15 is 0 Å². The third-order valence-corrected chi connectivity index (χ3v) is 15.4. The maximum atomic E-state index is 13.0. The lowest BCUT2D eigenvalue weighted by Crippen LogP contribution is -2.42. The topological polar surface area (TPSA) is 137 Å². The van der Waals surface area contributed by atoms with Crippen molar-refractivity contribution in [2.75, 3.05) is 31.1 Å². The molecule has 4 heterocycles. The Balaban J connectivity index is 1.01. The van der Waals surface area contributed by atoms with Gasteiger partial charge in [0.15, 0.2) is 0 Å². The van der Waals surface area contributed by atoms with E-state index in [9.17, 15) is 26.7 Å². The number of carboxylic acid groups (broad SMARTS) is 1. The summed E-state index contributed by atoms with van der Waals surface area (Å²) in [5.41, 5.74) is 0.723. The number of nitrogens with one attached hydrogen (secondary N) is 1. The monoisotopic (exact) mass is 786 g/mol. The molecule has 2 saturated heterocycles. The fourth-order valence-corrected chi connectivity index (χ4v) is 11.4. The van der Waals surface area contributed by atoms with Gasteiger partial charge in [-0.2, -0.15) is 9.03 Å². The van der Waals surface area contributed by atoms with Crippen LogP contribution in [0.25, 0.3) is 0 Å². The average Bonchev–Trinajstić information content (AvgIpc) is 3.42. The second-order valence-electron chi connectivity index (χ2n) is 12.3. The lowest BCUT2D eigenvalue weighted by Gasteiger charge is -2.33. The van der Waals surface area contributed by atoms with E-state index < -0.39 is 32.1 Å². The number of aromatic nitrogens is 1. The number of piperidine rings is 2. The predicted molar refractivity (Wildman–Crippen MR) is 188 cm³/mol. The maximum Gasteiger partial charge on any atom is 0.322 e. The molecular formula is C32H40BrClN4O6S3. The number of halogens is 2. The van der Waals surface area contributed by atoms with E-state index in [1.807, 2.05) is 6.07 Å². The van der Waals surface area contributed by atoms with E-state index in [1.54, 1.807) is 40.7 Å². The minimum absolute atomic E-state index is 0.0346. The molecule has 5 rings (SSSR count). The first kappa shape index (κ1) is 36.2. The minimum atomic E-state index is -4.07. The molecular weight excluding hydrogens is 748 g/mol. The summed E-state index contributed by atoms with van der Waals surface area (Å²) >= 11 is 10.5. The molecule has 2 aromatic heterocycles. The van der Waals surface area contributed by atoms with Gasteiger partial charge >= 0.3 is 5.97 Å². The SMILES string of the molecule is O=C(O)C(Cc1ccccc1)NS(=O)(=O)c1ccc(N2CCC(CCCCC3CCN(S(=O)(=O)c4cc(Br)c(Cl)s4)CC3)CC2)nc1. The van der Waals surface area contributed by atoms with Gasteiger partial charge in [0.25, 0.3) is 10.0 Å². The van der Waals surface area contributed by atoms with Crippen LogP contribution in [0.15, 0.2) is 68.3 Å². The van der Waals surface area contributed by atoms with Crippen LogP contribution in [0.3, 0.4) is 0 Å². The van der Waals surface area contributed by atoms with Crippen LogP contribution in [0.4, 0.5) is 5.82 Å². The van der Waals surface area contributed by atoms with Gasteiger partial charge in [-0.15, -0.1) is 11.3 Å². The highest BCUT2D eigenvalue weighted by Crippen LogP contribution is 2.37. The summed E-state index contributed by atoms with van der Waals surface area (Å²) in [6.07, 6.45) is 9.77. The fourth-order valence-electron chi connectivity index (χ4n) is 6.34. The Bertz CT molecular complexity index is 1690. The molecule has 0 saturated carbocycles. The summed E-state index contributed by atoms with van der Waals surface area (Å²) < 4.78 is 57.1. The van der Waals surface area contributed by atoms with Gasteiger partial charge in [0, 0.05) is 36.8 Å². The third kappa shape index (κ3) is 9.55. The van der Waals surface area contributed by atoms with Gasteiger partial charge in [-0.3, -0.25) is 4.79 Å². The molecule has 256 valence electrons. The van der Waals surface area contributed by atoms with Crippen molar-refractivity contribution >= 4 is 70.7 Å². The minimum Gasteiger partial charge on any atom is -0.480 e. The molecule has 0 bridgehead atoms. The first-order chi connectivity index (χ1) is 22.4. The zero-order valence-corrected chi connectivity index (χ0v) is 30.7. The molecule has 2 N–H and O–H groups in total. The van der Waals surface area contributed by atoms with Crippen molar-refractivity contribution in [2.24, 2.45) is 11.8 Å². The van der Waals surface area contributed by atoms with Gasteiger partial charge < -0.3 is 10.0 Å². The largest absolute Gasteiger partial charge is 0.480 e. The predicted octanol–water partition coefficient (Wildman–Crippen LogP) is 6.41. The van der Waals surface area contributed by atoms with Crippen LogP contribution in [0.1, 0.15) is 56.9 Å². The molecule has 0 radical (unpaired) electrons. The van der Waals surface area contributed by atoms with Crippen LogP contribution in [-0.4, -0.2) is 69.4 Å². The Morgan fingerprint density at radius 1 is 0.979 bits per heavy atom. The summed E-state index contributed by atoms with van der Waals surface area (Å²) in [6, 6.07) is 12.4. The molecule has 1 aromatic carbocycles. The number of benzene rings is 1. The summed E-state index contributed by atoms with van der Waals surface area (Å²) in [4.78, 5) is 18.3. The van der Waals surface area contributed by atoms with Gasteiger partial charge in [-0.05, 0) is 83.6 Å². The Morgan fingerprint density at radius 2 is 1.60 bits per heavy atom. The number of aliphatic carboxylic acids is 1. The number of pyridine rings is 1. The Labute approximate surface area is 294 Å². The fraction of sp³-hybridized carbons (Fsp3) is 0.500. The van der Waals surface area contributed by atoms with E-state index in [1.165, 1.54) is 18.7 Å². The van der Waals surface area contributed by atoms with Crippen LogP contribution in [0.5, 0.6) is 0 Å². The molecule has 15 heteroatoms. The Hall–Kier alpha value is -2.07. The number of nitrogens with zero attached hydrogens (tertiary/aromatic N) is 3. The van der Waals surface area contributed by atoms with E-state index in [0.29, 0.717) is 39.6 Å². The lowest BCUT2D eigenvalue weighted by molar-refractivity contribution is -0.138. The Morgan fingerprint density at radius 3 is 2.13 bits per heavy atom. The number of hydrogen-bond donors (Lipinski definition) is 2. The van der Waals surface area contributed by atoms with Gasteiger partial charge in [-0.25, -0.2) is 21.8 Å². The highest BCUT2D eigenvalue weighted by atomic mass is 79.9. The van der Waals surface area contributed by atoms with E-state index in [0.717, 1.165) is 74.9 Å². The van der Waals surface area contributed by atoms with Crippen molar-refractivity contribution in [1.29, 1.82) is 0 Å². The van der Waals surface area contributed by atoms with Crippen LogP contribution < -0.4 is 9.62 Å². The molecule has 1 atom stereocenters. The molecule has 2 aliphatic rings. The quantitative estimate of drug-likeness (QED) is 0.179. The van der Waals surface area contributed by atoms with Crippen molar-refractivity contribution in [3.05, 3.63) is 69.1 Å². The molecule has 0 spiro atoms. The molecule has 1 unspecified atom stereocenters. The zero-order valence-electron chi connectivity index (χ0n) is 25.9. The number of carboxylic acids is 1. The van der Waals surface area contributed by atoms with Gasteiger partial charge in [0.05, 0.1) is 0 Å². The highest BCUT2D eigenvalue weighted by Gasteiger charge is 2.31. The Kier molecular flexibility index (Phi) is 12.4. The number of rotatable bonds is 14. The van der Waals surface area contributed by atoms with E-state index in [2.05, 4.69) is 30.5 Å². The molecule has 47 heavy (non-hydrogen) atoms. The number of sulfonamides is 2. The summed E-state index contributed by atoms with van der Waals surface area (Å²) in [5.74, 6) is 0.656. The number of unbranched alkanes of at least 4 members (excludes halogenated alkanes) is 1. The second-order valence-corrected chi connectivity index (χ2v) is 18.7. The van der Waals surface area contributed by atoms with Crippen LogP contribution in [0, 0.1) is 11.8 Å². The number of hydrogen-bond acceptors (Lipinski definition) is 8. The van der Waals surface area contributed by atoms with Gasteiger partial charge in [-0.1, -0.05) is 67.6 Å². The molecule has 3 aromatic rings. The number of thiophene rings is 1. The summed E-state index contributed by atoms with van der Waals surface area (Å²) in [5, 5.41) is 9.61. The molecule has 0 aliphatic carbocycles. The van der Waals surface area contributed by atoms with Gasteiger partial charge in [0.1, 0.15) is 25.3 Å². The first-order valence-corrected chi connectivity index (χ1v) is 20.8. The van der Waals surface area contributed by atoms with Gasteiger partial charge in [0.2, 0.25) is 10.0 Å².